The fourth-order valence-electron chi connectivity index (χ4n) is 2.01. The third-order valence-electron chi connectivity index (χ3n) is 3.37. The monoisotopic (exact) mass is 336 g/mol. The van der Waals surface area contributed by atoms with Gasteiger partial charge in [-0.1, -0.05) is 26.3 Å². The lowest BCUT2D eigenvalue weighted by atomic mass is 9.83. The zero-order valence-electron chi connectivity index (χ0n) is 13.1. The molecule has 0 aromatic heterocycles. The van der Waals surface area contributed by atoms with E-state index in [4.69, 9.17) is 14.4 Å². The predicted octanol–water partition coefficient (Wildman–Crippen LogP) is 0.978. The van der Waals surface area contributed by atoms with Gasteiger partial charge in [-0.3, -0.25) is 14.1 Å². The van der Waals surface area contributed by atoms with Crippen LogP contribution in [0.25, 0.3) is 0 Å². The summed E-state index contributed by atoms with van der Waals surface area (Å²) in [5.41, 5.74) is 0.191. The van der Waals surface area contributed by atoms with E-state index in [0.717, 1.165) is 0 Å². The number of aliphatic hydroxyl groups is 1. The number of hydrogen-bond acceptors (Lipinski definition) is 6. The van der Waals surface area contributed by atoms with Gasteiger partial charge in [-0.15, -0.1) is 0 Å². The van der Waals surface area contributed by atoms with E-state index >= 15 is 0 Å². The Balaban J connectivity index is 4.90. The molecule has 2 atom stereocenters. The fourth-order valence-corrected chi connectivity index (χ4v) is 2.49. The summed E-state index contributed by atoms with van der Waals surface area (Å²) in [4.78, 5) is 23.9. The Kier molecular flexibility index (Phi) is 9.15. The number of rotatable bonds is 10. The van der Waals surface area contributed by atoms with Crippen LogP contribution in [0.15, 0.2) is 11.6 Å². The molecule has 128 valence electrons. The molecule has 0 rings (SSSR count). The molecular formula is C14H24O7S. The van der Waals surface area contributed by atoms with Crippen molar-refractivity contribution in [2.45, 2.75) is 33.6 Å². The Hall–Kier alpha value is -1.25. The highest BCUT2D eigenvalue weighted by Crippen LogP contribution is 2.26. The van der Waals surface area contributed by atoms with Crippen molar-refractivity contribution in [1.82, 2.24) is 0 Å². The highest BCUT2D eigenvalue weighted by atomic mass is 32.2. The number of esters is 1. The van der Waals surface area contributed by atoms with E-state index in [0.29, 0.717) is 6.42 Å². The van der Waals surface area contributed by atoms with Crippen molar-refractivity contribution in [2.24, 2.45) is 11.8 Å². The molecule has 7 nitrogen and oxygen atoms in total. The van der Waals surface area contributed by atoms with E-state index in [-0.39, 0.29) is 24.5 Å². The lowest BCUT2D eigenvalue weighted by Gasteiger charge is -2.23. The topological polar surface area (TPSA) is 118 Å². The van der Waals surface area contributed by atoms with Crippen LogP contribution in [-0.2, 0) is 24.4 Å². The Morgan fingerprint density at radius 2 is 1.91 bits per heavy atom. The van der Waals surface area contributed by atoms with Crippen molar-refractivity contribution in [3.8, 4) is 0 Å². The van der Waals surface area contributed by atoms with Crippen molar-refractivity contribution in [3.63, 3.8) is 0 Å². The van der Waals surface area contributed by atoms with E-state index in [9.17, 15) is 18.0 Å². The smallest absolute Gasteiger partial charge is 0.313 e. The van der Waals surface area contributed by atoms with E-state index in [1.54, 1.807) is 13.8 Å². The standard InChI is InChI=1S/C14H24O7S/c1-4-10(3)13(11(5-2)12(16)9-15)14(17)21-7-6-8-22(18,19)20/h5,10,13,15H,4,6-9H2,1-3H3,(H,18,19,20)/b11-5+. The van der Waals surface area contributed by atoms with Crippen LogP contribution in [0.4, 0.5) is 0 Å². The van der Waals surface area contributed by atoms with Crippen LogP contribution in [0.2, 0.25) is 0 Å². The minimum atomic E-state index is -4.09. The summed E-state index contributed by atoms with van der Waals surface area (Å²) < 4.78 is 34.8. The molecule has 0 fully saturated rings. The van der Waals surface area contributed by atoms with Crippen molar-refractivity contribution >= 4 is 21.9 Å². The molecule has 0 heterocycles. The molecule has 0 aliphatic carbocycles. The third kappa shape index (κ3) is 7.15. The number of allylic oxidation sites excluding steroid dienone is 1. The minimum Gasteiger partial charge on any atom is -0.465 e. The number of carbonyl (C=O) groups is 2. The zero-order valence-corrected chi connectivity index (χ0v) is 13.9. The van der Waals surface area contributed by atoms with Crippen molar-refractivity contribution in [2.75, 3.05) is 19.0 Å². The van der Waals surface area contributed by atoms with Crippen LogP contribution >= 0.6 is 0 Å². The largest absolute Gasteiger partial charge is 0.465 e. The van der Waals surface area contributed by atoms with Crippen LogP contribution in [0.3, 0.4) is 0 Å². The van der Waals surface area contributed by atoms with Crippen LogP contribution < -0.4 is 0 Å². The highest BCUT2D eigenvalue weighted by Gasteiger charge is 2.32. The van der Waals surface area contributed by atoms with Gasteiger partial charge in [0.25, 0.3) is 10.1 Å². The maximum absolute atomic E-state index is 12.2. The zero-order chi connectivity index (χ0) is 17.3. The van der Waals surface area contributed by atoms with Crippen molar-refractivity contribution in [1.29, 1.82) is 0 Å². The van der Waals surface area contributed by atoms with E-state index in [2.05, 4.69) is 0 Å². The van der Waals surface area contributed by atoms with Gasteiger partial charge in [0.05, 0.1) is 18.3 Å². The molecule has 0 aliphatic rings. The number of ether oxygens (including phenoxy) is 1. The van der Waals surface area contributed by atoms with Crippen molar-refractivity contribution in [3.05, 3.63) is 11.6 Å². The predicted molar refractivity (Wildman–Crippen MR) is 80.8 cm³/mol. The van der Waals surface area contributed by atoms with Gasteiger partial charge >= 0.3 is 5.97 Å². The summed E-state index contributed by atoms with van der Waals surface area (Å²) in [7, 11) is -4.09. The molecule has 0 saturated carbocycles. The average Bonchev–Trinajstić information content (AvgIpc) is 2.46. The lowest BCUT2D eigenvalue weighted by Crippen LogP contribution is -2.30. The molecule has 0 saturated heterocycles. The van der Waals surface area contributed by atoms with Gasteiger partial charge in [0.15, 0.2) is 5.78 Å². The summed E-state index contributed by atoms with van der Waals surface area (Å²) >= 11 is 0. The van der Waals surface area contributed by atoms with Crippen LogP contribution in [-0.4, -0.2) is 48.8 Å². The summed E-state index contributed by atoms with van der Waals surface area (Å²) in [5.74, 6) is -2.65. The van der Waals surface area contributed by atoms with Crippen molar-refractivity contribution < 1.29 is 32.4 Å². The van der Waals surface area contributed by atoms with Crippen LogP contribution in [0.5, 0.6) is 0 Å². The van der Waals surface area contributed by atoms with Gasteiger partial charge in [-0.05, 0) is 19.3 Å². The first-order valence-corrected chi connectivity index (χ1v) is 8.70. The highest BCUT2D eigenvalue weighted by molar-refractivity contribution is 7.85. The number of ketones is 1. The molecule has 0 aromatic rings. The fraction of sp³-hybridized carbons (Fsp3) is 0.714. The summed E-state index contributed by atoms with van der Waals surface area (Å²) in [6, 6.07) is 0. The number of Topliss-reactive ketones (excluding diaryl/α,β-unsaturated/α-hetero) is 1. The van der Waals surface area contributed by atoms with Gasteiger partial charge in [-0.2, -0.15) is 8.42 Å². The Bertz CT molecular complexity index is 507. The Morgan fingerprint density at radius 3 is 2.32 bits per heavy atom. The van der Waals surface area contributed by atoms with Crippen LogP contribution in [0.1, 0.15) is 33.6 Å². The Morgan fingerprint density at radius 1 is 1.32 bits per heavy atom. The molecule has 2 unspecified atom stereocenters. The van der Waals surface area contributed by atoms with E-state index in [1.165, 1.54) is 6.08 Å². The molecule has 0 aliphatic heterocycles. The molecule has 0 amide bonds. The quantitative estimate of drug-likeness (QED) is 0.264. The van der Waals surface area contributed by atoms with Gasteiger partial charge in [-0.25, -0.2) is 0 Å². The molecule has 0 bridgehead atoms. The lowest BCUT2D eigenvalue weighted by molar-refractivity contribution is -0.149. The molecule has 0 aromatic carbocycles. The third-order valence-corrected chi connectivity index (χ3v) is 4.17. The maximum Gasteiger partial charge on any atom is 0.313 e. The Labute approximate surface area is 131 Å². The van der Waals surface area contributed by atoms with Gasteiger partial charge in [0.1, 0.15) is 6.61 Å². The second-order valence-electron chi connectivity index (χ2n) is 5.00. The molecule has 0 radical (unpaired) electrons. The second-order valence-corrected chi connectivity index (χ2v) is 6.57. The number of hydrogen-bond donors (Lipinski definition) is 2. The molecule has 2 N–H and O–H groups in total. The second kappa shape index (κ2) is 9.70. The SMILES string of the molecule is C/C=C(\C(=O)CO)C(C(=O)OCCCS(=O)(=O)O)C(C)CC. The van der Waals surface area contributed by atoms with Gasteiger partial charge in [0, 0.05) is 5.57 Å². The summed E-state index contributed by atoms with van der Waals surface area (Å²) in [6.45, 7) is 4.39. The molecular weight excluding hydrogens is 312 g/mol. The maximum atomic E-state index is 12.2. The first-order chi connectivity index (χ1) is 10.2. The van der Waals surface area contributed by atoms with E-state index in [1.807, 2.05) is 6.92 Å². The first kappa shape index (κ1) is 20.8. The first-order valence-electron chi connectivity index (χ1n) is 7.09. The number of aliphatic hydroxyl groups excluding tert-OH is 1. The minimum absolute atomic E-state index is 0.0308. The average molecular weight is 336 g/mol. The van der Waals surface area contributed by atoms with Gasteiger partial charge in [0.2, 0.25) is 0 Å². The van der Waals surface area contributed by atoms with Gasteiger partial charge < -0.3 is 9.84 Å². The van der Waals surface area contributed by atoms with Crippen LogP contribution in [0, 0.1) is 11.8 Å². The van der Waals surface area contributed by atoms with E-state index < -0.39 is 40.1 Å². The molecule has 22 heavy (non-hydrogen) atoms. The molecule has 8 heteroatoms. The normalized spacial score (nSPS) is 15.2. The summed E-state index contributed by atoms with van der Waals surface area (Å²) in [5, 5.41) is 8.99. The summed E-state index contributed by atoms with van der Waals surface area (Å²) in [6.07, 6.45) is 2.08. The molecule has 0 spiro atoms. The number of carbonyl (C=O) groups excluding carboxylic acids is 2.